The van der Waals surface area contributed by atoms with Gasteiger partial charge in [0.15, 0.2) is 5.78 Å². The highest BCUT2D eigenvalue weighted by atomic mass is 32.2. The van der Waals surface area contributed by atoms with E-state index in [2.05, 4.69) is 43.3 Å². The van der Waals surface area contributed by atoms with Crippen molar-refractivity contribution in [3.63, 3.8) is 0 Å². The van der Waals surface area contributed by atoms with Gasteiger partial charge in [-0.3, -0.25) is 9.79 Å². The van der Waals surface area contributed by atoms with Gasteiger partial charge in [0.2, 0.25) is 0 Å². The number of aliphatic imine (C=N–C) groups is 1. The van der Waals surface area contributed by atoms with Crippen LogP contribution >= 0.6 is 11.8 Å². The van der Waals surface area contributed by atoms with Crippen molar-refractivity contribution in [3.05, 3.63) is 89.0 Å². The molecule has 124 valence electrons. The highest BCUT2D eigenvalue weighted by Crippen LogP contribution is 2.44. The Morgan fingerprint density at radius 3 is 2.60 bits per heavy atom. The van der Waals surface area contributed by atoms with Crippen LogP contribution in [0.4, 0.5) is 0 Å². The number of carbonyl (C=O) groups is 1. The van der Waals surface area contributed by atoms with Crippen molar-refractivity contribution in [1.82, 2.24) is 0 Å². The van der Waals surface area contributed by atoms with E-state index in [0.717, 1.165) is 22.9 Å². The summed E-state index contributed by atoms with van der Waals surface area (Å²) in [5, 5.41) is 1.11. The third-order valence-corrected chi connectivity index (χ3v) is 6.07. The normalized spacial score (nSPS) is 23.4. The first-order chi connectivity index (χ1) is 12.2. The van der Waals surface area contributed by atoms with Crippen molar-refractivity contribution >= 4 is 28.7 Å². The number of allylic oxidation sites excluding steroid dienone is 3. The molecule has 0 bridgehead atoms. The van der Waals surface area contributed by atoms with Gasteiger partial charge in [-0.15, -0.1) is 11.8 Å². The third-order valence-electron chi connectivity index (χ3n) is 4.88. The number of nitrogens with zero attached hydrogens (tertiary/aromatic N) is 1. The van der Waals surface area contributed by atoms with Gasteiger partial charge < -0.3 is 0 Å². The van der Waals surface area contributed by atoms with E-state index in [4.69, 9.17) is 4.99 Å². The lowest BCUT2D eigenvalue weighted by molar-refractivity contribution is 0.104. The van der Waals surface area contributed by atoms with E-state index in [-0.39, 0.29) is 11.2 Å². The van der Waals surface area contributed by atoms with Crippen LogP contribution in [0.1, 0.15) is 28.4 Å². The summed E-state index contributed by atoms with van der Waals surface area (Å²) in [6.07, 6.45) is 5.95. The zero-order valence-corrected chi connectivity index (χ0v) is 14.9. The van der Waals surface area contributed by atoms with Gasteiger partial charge >= 0.3 is 0 Å². The van der Waals surface area contributed by atoms with Crippen LogP contribution in [-0.4, -0.2) is 23.1 Å². The molecular formula is C22H19NOS. The maximum atomic E-state index is 12.8. The predicted octanol–water partition coefficient (Wildman–Crippen LogP) is 4.93. The summed E-state index contributed by atoms with van der Waals surface area (Å²) in [6, 6.07) is 17.8. The van der Waals surface area contributed by atoms with Crippen LogP contribution in [-0.2, 0) is 5.41 Å². The summed E-state index contributed by atoms with van der Waals surface area (Å²) in [5.41, 5.74) is 3.78. The van der Waals surface area contributed by atoms with Crippen LogP contribution < -0.4 is 0 Å². The molecule has 0 spiro atoms. The van der Waals surface area contributed by atoms with E-state index in [0.29, 0.717) is 5.56 Å². The molecule has 4 rings (SSSR count). The first-order valence-electron chi connectivity index (χ1n) is 8.46. The molecule has 0 saturated heterocycles. The van der Waals surface area contributed by atoms with Crippen molar-refractivity contribution < 1.29 is 4.79 Å². The lowest BCUT2D eigenvalue weighted by atomic mass is 9.71. The molecule has 1 atom stereocenters. The largest absolute Gasteiger partial charge is 0.289 e. The molecule has 3 heteroatoms. The predicted molar refractivity (Wildman–Crippen MR) is 106 cm³/mol. The second-order valence-electron chi connectivity index (χ2n) is 6.41. The molecule has 1 unspecified atom stereocenters. The Kier molecular flexibility index (Phi) is 4.18. The fraction of sp³-hybridized carbons (Fsp3) is 0.182. The maximum Gasteiger partial charge on any atom is 0.186 e. The van der Waals surface area contributed by atoms with Crippen molar-refractivity contribution in [2.45, 2.75) is 12.3 Å². The van der Waals surface area contributed by atoms with Crippen LogP contribution in [0.2, 0.25) is 0 Å². The standard InChI is InChI=1S/C22H19NOS/c1-22(21-23-13-14-25-21)18(12-11-16-7-5-6-10-19(16)22)15-20(24)17-8-3-2-4-9-17/h2-12,15H,13-14H2,1H3. The molecule has 0 N–H and O–H groups in total. The van der Waals surface area contributed by atoms with Gasteiger partial charge in [0, 0.05) is 17.9 Å². The number of fused-ring (bicyclic) bond motifs is 1. The Hall–Kier alpha value is -2.39. The summed E-state index contributed by atoms with van der Waals surface area (Å²) in [5.74, 6) is 1.05. The van der Waals surface area contributed by atoms with Crippen LogP contribution in [0.15, 0.2) is 77.3 Å². The summed E-state index contributed by atoms with van der Waals surface area (Å²) in [4.78, 5) is 17.5. The van der Waals surface area contributed by atoms with Crippen LogP contribution in [0, 0.1) is 0 Å². The van der Waals surface area contributed by atoms with Gasteiger partial charge in [-0.1, -0.05) is 66.7 Å². The van der Waals surface area contributed by atoms with Gasteiger partial charge in [0.1, 0.15) is 0 Å². The maximum absolute atomic E-state index is 12.8. The molecule has 1 aliphatic carbocycles. The molecule has 1 heterocycles. The van der Waals surface area contributed by atoms with E-state index >= 15 is 0 Å². The Morgan fingerprint density at radius 1 is 1.08 bits per heavy atom. The average Bonchev–Trinajstić information content (AvgIpc) is 3.20. The molecule has 0 radical (unpaired) electrons. The smallest absolute Gasteiger partial charge is 0.186 e. The lowest BCUT2D eigenvalue weighted by Crippen LogP contribution is -2.34. The second-order valence-corrected chi connectivity index (χ2v) is 7.49. The molecule has 0 fully saturated rings. The Morgan fingerprint density at radius 2 is 1.84 bits per heavy atom. The van der Waals surface area contributed by atoms with Gasteiger partial charge in [0.25, 0.3) is 0 Å². The van der Waals surface area contributed by atoms with E-state index in [9.17, 15) is 4.79 Å². The second kappa shape index (κ2) is 6.49. The number of hydrogen-bond acceptors (Lipinski definition) is 3. The van der Waals surface area contributed by atoms with E-state index in [1.807, 2.05) is 30.3 Å². The van der Waals surface area contributed by atoms with Crippen LogP contribution in [0.3, 0.4) is 0 Å². The molecule has 0 aromatic heterocycles. The lowest BCUT2D eigenvalue weighted by Gasteiger charge is -2.35. The minimum atomic E-state index is -0.364. The quantitative estimate of drug-likeness (QED) is 0.583. The zero-order valence-electron chi connectivity index (χ0n) is 14.1. The molecule has 2 aromatic rings. The first kappa shape index (κ1) is 16.1. The van der Waals surface area contributed by atoms with E-state index in [1.54, 1.807) is 17.8 Å². The van der Waals surface area contributed by atoms with Gasteiger partial charge in [-0.05, 0) is 29.7 Å². The Bertz CT molecular complexity index is 911. The number of rotatable bonds is 3. The van der Waals surface area contributed by atoms with Crippen molar-refractivity contribution in [2.75, 3.05) is 12.3 Å². The summed E-state index contributed by atoms with van der Waals surface area (Å²) >= 11 is 1.80. The van der Waals surface area contributed by atoms with Gasteiger partial charge in [0.05, 0.1) is 10.5 Å². The highest BCUT2D eigenvalue weighted by Gasteiger charge is 2.40. The fourth-order valence-electron chi connectivity index (χ4n) is 3.50. The minimum Gasteiger partial charge on any atom is -0.289 e. The van der Waals surface area contributed by atoms with Crippen molar-refractivity contribution in [1.29, 1.82) is 0 Å². The summed E-state index contributed by atoms with van der Waals surface area (Å²) < 4.78 is 0. The van der Waals surface area contributed by atoms with E-state index < -0.39 is 0 Å². The molecule has 25 heavy (non-hydrogen) atoms. The highest BCUT2D eigenvalue weighted by molar-refractivity contribution is 8.14. The first-order valence-corrected chi connectivity index (χ1v) is 9.45. The molecule has 2 nitrogen and oxygen atoms in total. The van der Waals surface area contributed by atoms with Gasteiger partial charge in [-0.2, -0.15) is 0 Å². The molecule has 0 saturated carbocycles. The summed E-state index contributed by atoms with van der Waals surface area (Å²) in [7, 11) is 0. The minimum absolute atomic E-state index is 0.0365. The van der Waals surface area contributed by atoms with Gasteiger partial charge in [-0.25, -0.2) is 0 Å². The molecular weight excluding hydrogens is 326 g/mol. The number of benzene rings is 2. The Balaban J connectivity index is 1.84. The molecule has 0 amide bonds. The number of thioether (sulfide) groups is 1. The van der Waals surface area contributed by atoms with E-state index in [1.165, 1.54) is 11.1 Å². The molecule has 1 aliphatic heterocycles. The van der Waals surface area contributed by atoms with Crippen LogP contribution in [0.5, 0.6) is 0 Å². The van der Waals surface area contributed by atoms with Crippen molar-refractivity contribution in [3.8, 4) is 0 Å². The monoisotopic (exact) mass is 345 g/mol. The summed E-state index contributed by atoms with van der Waals surface area (Å²) in [6.45, 7) is 3.04. The third kappa shape index (κ3) is 2.79. The Labute approximate surface area is 152 Å². The zero-order chi connectivity index (χ0) is 17.3. The molecule has 2 aromatic carbocycles. The number of ketones is 1. The number of carbonyl (C=O) groups excluding carboxylic acids is 1. The topological polar surface area (TPSA) is 29.4 Å². The molecule has 2 aliphatic rings. The van der Waals surface area contributed by atoms with Crippen molar-refractivity contribution in [2.24, 2.45) is 4.99 Å². The van der Waals surface area contributed by atoms with Crippen LogP contribution in [0.25, 0.3) is 6.08 Å². The SMILES string of the molecule is CC1(C2=NCCS2)C(=CC(=O)c2ccccc2)C=Cc2ccccc21. The fourth-order valence-corrected chi connectivity index (χ4v) is 4.57. The average molecular weight is 345 g/mol. The number of hydrogen-bond donors (Lipinski definition) is 0.